The summed E-state index contributed by atoms with van der Waals surface area (Å²) in [5, 5.41) is 8.08. The molecule has 0 radical (unpaired) electrons. The number of hydrazone groups is 1. The Morgan fingerprint density at radius 1 is 0.867 bits per heavy atom. The summed E-state index contributed by atoms with van der Waals surface area (Å²) in [6.45, 7) is 0. The zero-order valence-electron chi connectivity index (χ0n) is 15.7. The molecule has 4 rings (SSSR count). The topological polar surface area (TPSA) is 86.3 Å². The van der Waals surface area contributed by atoms with Crippen LogP contribution < -0.4 is 10.7 Å². The predicted octanol–water partition coefficient (Wildman–Crippen LogP) is 4.84. The maximum absolute atomic E-state index is 13.0. The second-order valence-electron chi connectivity index (χ2n) is 6.49. The Bertz CT molecular complexity index is 1230. The van der Waals surface area contributed by atoms with Crippen molar-refractivity contribution in [3.63, 3.8) is 0 Å². The molecular weight excluding hydrogens is 400 g/mol. The van der Waals surface area contributed by atoms with Gasteiger partial charge in [-0.15, -0.1) is 0 Å². The van der Waals surface area contributed by atoms with E-state index in [-0.39, 0.29) is 17.2 Å². The molecule has 30 heavy (non-hydrogen) atoms. The Balaban J connectivity index is 1.61. The molecule has 0 atom stereocenters. The number of anilines is 1. The van der Waals surface area contributed by atoms with Crippen LogP contribution in [0.15, 0.2) is 84.0 Å². The number of carbonyl (C=O) groups is 2. The Morgan fingerprint density at radius 3 is 2.33 bits per heavy atom. The van der Waals surface area contributed by atoms with Crippen molar-refractivity contribution in [2.75, 3.05) is 5.32 Å². The highest BCUT2D eigenvalue weighted by molar-refractivity contribution is 6.30. The third kappa shape index (κ3) is 4.24. The summed E-state index contributed by atoms with van der Waals surface area (Å²) in [4.78, 5) is 28.8. The van der Waals surface area contributed by atoms with Gasteiger partial charge in [0, 0.05) is 21.6 Å². The fourth-order valence-electron chi connectivity index (χ4n) is 3.03. The molecule has 0 saturated heterocycles. The number of halogens is 1. The van der Waals surface area contributed by atoms with Gasteiger partial charge in [0.25, 0.3) is 11.8 Å². The summed E-state index contributed by atoms with van der Waals surface area (Å²) in [5.41, 5.74) is 4.96. The molecule has 0 saturated carbocycles. The predicted molar refractivity (Wildman–Crippen MR) is 119 cm³/mol. The van der Waals surface area contributed by atoms with Gasteiger partial charge >= 0.3 is 0 Å². The van der Waals surface area contributed by atoms with Gasteiger partial charge in [-0.2, -0.15) is 5.10 Å². The molecule has 1 aromatic heterocycles. The van der Waals surface area contributed by atoms with Gasteiger partial charge in [0.2, 0.25) is 0 Å². The average molecular weight is 417 g/mol. The van der Waals surface area contributed by atoms with E-state index in [0.717, 1.165) is 5.56 Å². The maximum Gasteiger partial charge on any atom is 0.288 e. The second-order valence-corrected chi connectivity index (χ2v) is 6.93. The maximum atomic E-state index is 13.0. The normalized spacial score (nSPS) is 11.0. The Labute approximate surface area is 177 Å². The van der Waals surface area contributed by atoms with Crippen LogP contribution in [0.5, 0.6) is 0 Å². The monoisotopic (exact) mass is 416 g/mol. The van der Waals surface area contributed by atoms with Gasteiger partial charge in [0.05, 0.1) is 11.8 Å². The van der Waals surface area contributed by atoms with Crippen molar-refractivity contribution in [3.8, 4) is 0 Å². The quantitative estimate of drug-likeness (QED) is 0.321. The number of fused-ring (bicyclic) bond motifs is 1. The van der Waals surface area contributed by atoms with Crippen LogP contribution >= 0.6 is 11.6 Å². The molecule has 0 bridgehead atoms. The molecule has 2 amide bonds. The van der Waals surface area contributed by atoms with Crippen LogP contribution in [0.3, 0.4) is 0 Å². The lowest BCUT2D eigenvalue weighted by Gasteiger charge is -2.06. The van der Waals surface area contributed by atoms with E-state index in [0.29, 0.717) is 21.6 Å². The first-order chi connectivity index (χ1) is 14.6. The summed E-state index contributed by atoms with van der Waals surface area (Å²) >= 11 is 5.86. The lowest BCUT2D eigenvalue weighted by atomic mass is 10.1. The molecule has 0 fully saturated rings. The zero-order valence-corrected chi connectivity index (χ0v) is 16.5. The molecule has 0 spiro atoms. The minimum Gasteiger partial charge on any atom is -0.350 e. The molecule has 3 N–H and O–H groups in total. The number of aromatic nitrogens is 1. The van der Waals surface area contributed by atoms with Gasteiger partial charge in [-0.25, -0.2) is 5.43 Å². The number of rotatable bonds is 5. The van der Waals surface area contributed by atoms with Crippen molar-refractivity contribution in [1.29, 1.82) is 0 Å². The molecule has 0 aliphatic rings. The molecule has 0 aliphatic carbocycles. The van der Waals surface area contributed by atoms with Crippen molar-refractivity contribution in [2.24, 2.45) is 5.10 Å². The third-order valence-electron chi connectivity index (χ3n) is 4.44. The summed E-state index contributed by atoms with van der Waals surface area (Å²) in [7, 11) is 0. The summed E-state index contributed by atoms with van der Waals surface area (Å²) < 4.78 is 0. The van der Waals surface area contributed by atoms with Crippen LogP contribution in [0.1, 0.15) is 26.4 Å². The van der Waals surface area contributed by atoms with Gasteiger partial charge in [-0.1, -0.05) is 60.1 Å². The van der Waals surface area contributed by atoms with Crippen LogP contribution in [0.2, 0.25) is 5.02 Å². The molecule has 7 heteroatoms. The van der Waals surface area contributed by atoms with Gasteiger partial charge in [-0.3, -0.25) is 9.59 Å². The van der Waals surface area contributed by atoms with Crippen LogP contribution in [-0.4, -0.2) is 23.0 Å². The van der Waals surface area contributed by atoms with Crippen molar-refractivity contribution < 1.29 is 9.59 Å². The number of carbonyl (C=O) groups excluding carboxylic acids is 2. The number of hydrogen-bond donors (Lipinski definition) is 3. The highest BCUT2D eigenvalue weighted by Gasteiger charge is 2.23. The van der Waals surface area contributed by atoms with Gasteiger partial charge in [0.1, 0.15) is 5.69 Å². The standard InChI is InChI=1S/C23H17ClN4O2/c24-16-12-10-15(11-13-16)14-25-28-23(30)21-20(18-8-4-5-9-19(18)27-21)22(29)26-17-6-2-1-3-7-17/h1-14,27H,(H,26,29)(H,28,30). The fourth-order valence-corrected chi connectivity index (χ4v) is 3.16. The van der Waals surface area contributed by atoms with E-state index in [1.807, 2.05) is 36.4 Å². The van der Waals surface area contributed by atoms with Crippen molar-refractivity contribution >= 4 is 46.2 Å². The smallest absolute Gasteiger partial charge is 0.288 e. The Hall–Kier alpha value is -3.90. The number of H-pyrrole nitrogens is 1. The van der Waals surface area contributed by atoms with Crippen molar-refractivity contribution in [1.82, 2.24) is 10.4 Å². The molecule has 0 aliphatic heterocycles. The van der Waals surface area contributed by atoms with Crippen molar-refractivity contribution in [3.05, 3.63) is 101 Å². The molecule has 4 aromatic rings. The summed E-state index contributed by atoms with van der Waals surface area (Å²) in [6.07, 6.45) is 1.50. The van der Waals surface area contributed by atoms with E-state index in [1.54, 1.807) is 42.5 Å². The first-order valence-electron chi connectivity index (χ1n) is 9.18. The van der Waals surface area contributed by atoms with Crippen LogP contribution in [-0.2, 0) is 0 Å². The number of nitrogens with zero attached hydrogens (tertiary/aromatic N) is 1. The number of nitrogens with one attached hydrogen (secondary N) is 3. The van der Waals surface area contributed by atoms with E-state index < -0.39 is 5.91 Å². The van der Waals surface area contributed by atoms with E-state index in [4.69, 9.17) is 11.6 Å². The Morgan fingerprint density at radius 2 is 1.57 bits per heavy atom. The number of para-hydroxylation sites is 2. The highest BCUT2D eigenvalue weighted by Crippen LogP contribution is 2.24. The minimum absolute atomic E-state index is 0.137. The Kier molecular flexibility index (Phi) is 5.59. The largest absolute Gasteiger partial charge is 0.350 e. The fraction of sp³-hybridized carbons (Fsp3) is 0. The van der Waals surface area contributed by atoms with Gasteiger partial charge in [-0.05, 0) is 35.9 Å². The van der Waals surface area contributed by atoms with Crippen molar-refractivity contribution in [2.45, 2.75) is 0 Å². The number of aromatic amines is 1. The van der Waals surface area contributed by atoms with Gasteiger partial charge < -0.3 is 10.3 Å². The van der Waals surface area contributed by atoms with Gasteiger partial charge in [0.15, 0.2) is 0 Å². The summed E-state index contributed by atoms with van der Waals surface area (Å²) in [6, 6.07) is 23.3. The average Bonchev–Trinajstić information content (AvgIpc) is 3.16. The molecule has 3 aromatic carbocycles. The van der Waals surface area contributed by atoms with E-state index in [1.165, 1.54) is 6.21 Å². The molecule has 148 valence electrons. The third-order valence-corrected chi connectivity index (χ3v) is 4.69. The van der Waals surface area contributed by atoms with E-state index >= 15 is 0 Å². The molecule has 1 heterocycles. The first-order valence-corrected chi connectivity index (χ1v) is 9.56. The lowest BCUT2D eigenvalue weighted by Crippen LogP contribution is -2.23. The van der Waals surface area contributed by atoms with Crippen LogP contribution in [0.25, 0.3) is 10.9 Å². The van der Waals surface area contributed by atoms with Crippen LogP contribution in [0, 0.1) is 0 Å². The first kappa shape index (κ1) is 19.4. The van der Waals surface area contributed by atoms with E-state index in [9.17, 15) is 9.59 Å². The highest BCUT2D eigenvalue weighted by atomic mass is 35.5. The molecule has 6 nitrogen and oxygen atoms in total. The molecule has 0 unspecified atom stereocenters. The number of amides is 2. The molecular formula is C23H17ClN4O2. The SMILES string of the molecule is O=C(NN=Cc1ccc(Cl)cc1)c1[nH]c2ccccc2c1C(=O)Nc1ccccc1. The zero-order chi connectivity index (χ0) is 20.9. The minimum atomic E-state index is -0.519. The van der Waals surface area contributed by atoms with Crippen LogP contribution in [0.4, 0.5) is 5.69 Å². The number of benzene rings is 3. The number of hydrogen-bond acceptors (Lipinski definition) is 3. The second kappa shape index (κ2) is 8.63. The van der Waals surface area contributed by atoms with E-state index in [2.05, 4.69) is 20.8 Å². The lowest BCUT2D eigenvalue weighted by molar-refractivity contribution is 0.0938. The summed E-state index contributed by atoms with van der Waals surface area (Å²) in [5.74, 6) is -0.903.